The molecule has 1 aliphatic heterocycles. The van der Waals surface area contributed by atoms with Crippen molar-refractivity contribution in [3.05, 3.63) is 53.2 Å². The van der Waals surface area contributed by atoms with Gasteiger partial charge in [-0.1, -0.05) is 17.3 Å². The SMILES string of the molecule is Cc1cc(CN2CCN(C(=O)CNC(=O)NCc3ccc(F)cc3)CC2)on1. The van der Waals surface area contributed by atoms with Gasteiger partial charge in [-0.05, 0) is 24.6 Å². The Kier molecular flexibility index (Phi) is 6.59. The van der Waals surface area contributed by atoms with Crippen LogP contribution in [-0.2, 0) is 17.9 Å². The first-order valence-corrected chi connectivity index (χ1v) is 9.18. The minimum absolute atomic E-state index is 0.0590. The topological polar surface area (TPSA) is 90.7 Å². The van der Waals surface area contributed by atoms with Crippen LogP contribution in [0.2, 0.25) is 0 Å². The van der Waals surface area contributed by atoms with Crippen molar-refractivity contribution in [1.29, 1.82) is 0 Å². The van der Waals surface area contributed by atoms with Gasteiger partial charge in [-0.3, -0.25) is 9.69 Å². The van der Waals surface area contributed by atoms with Gasteiger partial charge in [0.05, 0.1) is 18.8 Å². The maximum atomic E-state index is 12.9. The van der Waals surface area contributed by atoms with Gasteiger partial charge in [0.15, 0.2) is 5.76 Å². The fraction of sp³-hybridized carbons (Fsp3) is 0.421. The molecule has 0 saturated carbocycles. The molecular weight excluding hydrogens is 365 g/mol. The molecule has 0 aliphatic carbocycles. The Morgan fingerprint density at radius 3 is 2.50 bits per heavy atom. The summed E-state index contributed by atoms with van der Waals surface area (Å²) in [7, 11) is 0. The summed E-state index contributed by atoms with van der Waals surface area (Å²) < 4.78 is 18.1. The molecule has 1 aromatic carbocycles. The Morgan fingerprint density at radius 2 is 1.86 bits per heavy atom. The first-order chi connectivity index (χ1) is 13.5. The normalized spacial score (nSPS) is 14.7. The van der Waals surface area contributed by atoms with E-state index in [0.29, 0.717) is 19.6 Å². The van der Waals surface area contributed by atoms with Crippen LogP contribution in [0.15, 0.2) is 34.9 Å². The Labute approximate surface area is 162 Å². The zero-order chi connectivity index (χ0) is 19.9. The number of aryl methyl sites for hydroxylation is 1. The minimum atomic E-state index is -0.433. The lowest BCUT2D eigenvalue weighted by atomic mass is 10.2. The van der Waals surface area contributed by atoms with E-state index < -0.39 is 6.03 Å². The molecule has 1 aliphatic rings. The number of hydrogen-bond acceptors (Lipinski definition) is 5. The molecular formula is C19H24FN5O3. The predicted molar refractivity (Wildman–Crippen MR) is 99.7 cm³/mol. The molecule has 1 fully saturated rings. The van der Waals surface area contributed by atoms with E-state index >= 15 is 0 Å². The molecule has 0 atom stereocenters. The van der Waals surface area contributed by atoms with Crippen molar-refractivity contribution in [2.24, 2.45) is 0 Å². The van der Waals surface area contributed by atoms with E-state index in [1.807, 2.05) is 13.0 Å². The second-order valence-corrected chi connectivity index (χ2v) is 6.75. The van der Waals surface area contributed by atoms with Gasteiger partial charge in [-0.2, -0.15) is 0 Å². The average molecular weight is 389 g/mol. The van der Waals surface area contributed by atoms with Crippen molar-refractivity contribution in [3.8, 4) is 0 Å². The van der Waals surface area contributed by atoms with Crippen LogP contribution in [-0.4, -0.2) is 59.6 Å². The number of nitrogens with one attached hydrogen (secondary N) is 2. The maximum absolute atomic E-state index is 12.9. The number of piperazine rings is 1. The highest BCUT2D eigenvalue weighted by molar-refractivity contribution is 5.84. The van der Waals surface area contributed by atoms with E-state index in [2.05, 4.69) is 20.7 Å². The standard InChI is InChI=1S/C19H24FN5O3/c1-14-10-17(28-23-14)13-24-6-8-25(9-7-24)18(26)12-22-19(27)21-11-15-2-4-16(20)5-3-15/h2-5,10H,6-9,11-13H2,1H3,(H2,21,22,27). The zero-order valence-electron chi connectivity index (χ0n) is 15.8. The third-order valence-corrected chi connectivity index (χ3v) is 4.55. The number of amides is 3. The molecule has 9 heteroatoms. The van der Waals surface area contributed by atoms with E-state index in [4.69, 9.17) is 4.52 Å². The van der Waals surface area contributed by atoms with Gasteiger partial charge >= 0.3 is 6.03 Å². The number of hydrogen-bond donors (Lipinski definition) is 2. The van der Waals surface area contributed by atoms with Crippen molar-refractivity contribution in [2.75, 3.05) is 32.7 Å². The predicted octanol–water partition coefficient (Wildman–Crippen LogP) is 1.27. The molecule has 1 aromatic heterocycles. The van der Waals surface area contributed by atoms with E-state index in [1.54, 1.807) is 17.0 Å². The number of halogens is 1. The summed E-state index contributed by atoms with van der Waals surface area (Å²) in [6.07, 6.45) is 0. The van der Waals surface area contributed by atoms with Gasteiger partial charge in [-0.15, -0.1) is 0 Å². The quantitative estimate of drug-likeness (QED) is 0.776. The van der Waals surface area contributed by atoms with Crippen molar-refractivity contribution < 1.29 is 18.5 Å². The molecule has 2 aromatic rings. The fourth-order valence-corrected chi connectivity index (χ4v) is 2.98. The summed E-state index contributed by atoms with van der Waals surface area (Å²) in [5.74, 6) is 0.374. The molecule has 150 valence electrons. The second-order valence-electron chi connectivity index (χ2n) is 6.75. The fourth-order valence-electron chi connectivity index (χ4n) is 2.98. The van der Waals surface area contributed by atoms with Gasteiger partial charge in [0.1, 0.15) is 5.82 Å². The number of aromatic nitrogens is 1. The van der Waals surface area contributed by atoms with Crippen LogP contribution in [0, 0.1) is 12.7 Å². The highest BCUT2D eigenvalue weighted by Gasteiger charge is 2.22. The molecule has 8 nitrogen and oxygen atoms in total. The van der Waals surface area contributed by atoms with Crippen LogP contribution in [0.25, 0.3) is 0 Å². The lowest BCUT2D eigenvalue weighted by molar-refractivity contribution is -0.131. The van der Waals surface area contributed by atoms with Crippen molar-refractivity contribution in [2.45, 2.75) is 20.0 Å². The van der Waals surface area contributed by atoms with Crippen molar-refractivity contribution in [3.63, 3.8) is 0 Å². The summed E-state index contributed by atoms with van der Waals surface area (Å²) in [5.41, 5.74) is 1.63. The van der Waals surface area contributed by atoms with E-state index in [0.717, 1.165) is 30.1 Å². The lowest BCUT2D eigenvalue weighted by Crippen LogP contribution is -2.51. The van der Waals surface area contributed by atoms with Crippen molar-refractivity contribution in [1.82, 2.24) is 25.6 Å². The number of urea groups is 1. The summed E-state index contributed by atoms with van der Waals surface area (Å²) in [5, 5.41) is 9.08. The maximum Gasteiger partial charge on any atom is 0.315 e. The Hall–Kier alpha value is -2.94. The van der Waals surface area contributed by atoms with Crippen LogP contribution in [0.1, 0.15) is 17.0 Å². The monoisotopic (exact) mass is 389 g/mol. The summed E-state index contributed by atoms with van der Waals surface area (Å²) in [6.45, 7) is 5.44. The molecule has 0 bridgehead atoms. The van der Waals surface area contributed by atoms with Crippen LogP contribution in [0.3, 0.4) is 0 Å². The average Bonchev–Trinajstić information content (AvgIpc) is 3.11. The Balaban J connectivity index is 1.33. The van der Waals surface area contributed by atoms with E-state index in [-0.39, 0.29) is 24.8 Å². The molecule has 2 N–H and O–H groups in total. The number of carbonyl (C=O) groups excluding carboxylic acids is 2. The highest BCUT2D eigenvalue weighted by atomic mass is 19.1. The number of rotatable bonds is 6. The number of nitrogens with zero attached hydrogens (tertiary/aromatic N) is 3. The molecule has 0 spiro atoms. The largest absolute Gasteiger partial charge is 0.360 e. The molecule has 2 heterocycles. The Morgan fingerprint density at radius 1 is 1.14 bits per heavy atom. The van der Waals surface area contributed by atoms with Gasteiger partial charge in [0.25, 0.3) is 0 Å². The summed E-state index contributed by atoms with van der Waals surface area (Å²) >= 11 is 0. The van der Waals surface area contributed by atoms with Crippen LogP contribution in [0.4, 0.5) is 9.18 Å². The van der Waals surface area contributed by atoms with Crippen LogP contribution in [0.5, 0.6) is 0 Å². The molecule has 3 amide bonds. The lowest BCUT2D eigenvalue weighted by Gasteiger charge is -2.34. The summed E-state index contributed by atoms with van der Waals surface area (Å²) in [6, 6.07) is 7.34. The van der Waals surface area contributed by atoms with Gasteiger partial charge in [0.2, 0.25) is 5.91 Å². The highest BCUT2D eigenvalue weighted by Crippen LogP contribution is 2.09. The van der Waals surface area contributed by atoms with E-state index in [1.165, 1.54) is 12.1 Å². The molecule has 0 unspecified atom stereocenters. The van der Waals surface area contributed by atoms with Crippen LogP contribution < -0.4 is 10.6 Å². The first kappa shape index (κ1) is 19.8. The van der Waals surface area contributed by atoms with Gasteiger partial charge in [0, 0.05) is 38.8 Å². The first-order valence-electron chi connectivity index (χ1n) is 9.18. The second kappa shape index (κ2) is 9.32. The van der Waals surface area contributed by atoms with E-state index in [9.17, 15) is 14.0 Å². The van der Waals surface area contributed by atoms with Gasteiger partial charge in [-0.25, -0.2) is 9.18 Å². The zero-order valence-corrected chi connectivity index (χ0v) is 15.8. The third kappa shape index (κ3) is 5.78. The molecule has 28 heavy (non-hydrogen) atoms. The van der Waals surface area contributed by atoms with Gasteiger partial charge < -0.3 is 20.1 Å². The number of carbonyl (C=O) groups is 2. The Bertz CT molecular complexity index is 800. The smallest absolute Gasteiger partial charge is 0.315 e. The third-order valence-electron chi connectivity index (χ3n) is 4.55. The van der Waals surface area contributed by atoms with Crippen molar-refractivity contribution >= 4 is 11.9 Å². The van der Waals surface area contributed by atoms with Crippen LogP contribution >= 0.6 is 0 Å². The summed E-state index contributed by atoms with van der Waals surface area (Å²) in [4.78, 5) is 28.1. The molecule has 0 radical (unpaired) electrons. The molecule has 1 saturated heterocycles. The molecule has 3 rings (SSSR count). The number of benzene rings is 1. The minimum Gasteiger partial charge on any atom is -0.360 e.